The Morgan fingerprint density at radius 2 is 1.54 bits per heavy atom. The molecule has 0 spiro atoms. The Morgan fingerprint density at radius 1 is 0.923 bits per heavy atom. The Balaban J connectivity index is 2.23. The molecule has 1 aromatic carbocycles. The Bertz CT molecular complexity index is 1110. The predicted octanol–water partition coefficient (Wildman–Crippen LogP) is -0.0279. The first kappa shape index (κ1) is 31.0. The first-order valence-corrected chi connectivity index (χ1v) is 12.6. The summed E-state index contributed by atoms with van der Waals surface area (Å²) in [4.78, 5) is 68.9. The van der Waals surface area contributed by atoms with Crippen molar-refractivity contribution < 1.29 is 34.2 Å². The van der Waals surface area contributed by atoms with Crippen molar-refractivity contribution in [3.8, 4) is 0 Å². The molecular weight excluding hydrogens is 508 g/mol. The number of hydrogen-bond donors (Lipinski definition) is 7. The third-order valence-corrected chi connectivity index (χ3v) is 6.35. The fourth-order valence-electron chi connectivity index (χ4n) is 3.74. The minimum atomic E-state index is -1.29. The summed E-state index contributed by atoms with van der Waals surface area (Å²) >= 11 is 0. The number of carboxylic acids is 2. The van der Waals surface area contributed by atoms with Gasteiger partial charge < -0.3 is 36.9 Å². The van der Waals surface area contributed by atoms with E-state index in [2.05, 4.69) is 25.9 Å². The summed E-state index contributed by atoms with van der Waals surface area (Å²) < 4.78 is 0. The Labute approximate surface area is 226 Å². The molecule has 0 aliphatic rings. The average Bonchev–Trinajstić information content (AvgIpc) is 3.42. The quantitative estimate of drug-likeness (QED) is 0.151. The van der Waals surface area contributed by atoms with E-state index in [0.29, 0.717) is 17.7 Å². The van der Waals surface area contributed by atoms with Crippen molar-refractivity contribution in [1.29, 1.82) is 0 Å². The standard InChI is InChI=1S/C26H36N6O7/c1-3-15(2)22(27)25(37)30-18(9-10-21(33)34)23(35)31-19(12-17-13-28-14-29-17)24(36)32-20(26(38)39)11-16-7-5-4-6-8-16/h4-8,13-15,18-20,22H,3,9-12,27H2,1-2H3,(H,28,29)(H,30,37)(H,31,35)(H,32,36)(H,33,34)(H,38,39). The summed E-state index contributed by atoms with van der Waals surface area (Å²) in [5.41, 5.74) is 7.14. The van der Waals surface area contributed by atoms with Crippen molar-refractivity contribution in [2.24, 2.45) is 11.7 Å². The Hall–Kier alpha value is -4.26. The van der Waals surface area contributed by atoms with Crippen LogP contribution >= 0.6 is 0 Å². The predicted molar refractivity (Wildman–Crippen MR) is 140 cm³/mol. The third-order valence-electron chi connectivity index (χ3n) is 6.35. The SMILES string of the molecule is CCC(C)C(N)C(=O)NC(CCC(=O)O)C(=O)NC(Cc1cnc[nH]1)C(=O)NC(Cc1ccccc1)C(=O)O. The highest BCUT2D eigenvalue weighted by Gasteiger charge is 2.31. The number of amides is 3. The van der Waals surface area contributed by atoms with Crippen LogP contribution in [-0.4, -0.2) is 74.0 Å². The zero-order chi connectivity index (χ0) is 28.9. The van der Waals surface area contributed by atoms with Gasteiger partial charge in [0.1, 0.15) is 18.1 Å². The molecule has 0 saturated carbocycles. The maximum Gasteiger partial charge on any atom is 0.326 e. The average molecular weight is 545 g/mol. The minimum Gasteiger partial charge on any atom is -0.481 e. The number of imidazole rings is 1. The fraction of sp³-hybridized carbons (Fsp3) is 0.462. The van der Waals surface area contributed by atoms with Gasteiger partial charge in [-0.2, -0.15) is 0 Å². The van der Waals surface area contributed by atoms with E-state index in [1.807, 2.05) is 6.92 Å². The normalized spacial score (nSPS) is 14.7. The number of nitrogens with zero attached hydrogens (tertiary/aromatic N) is 1. The smallest absolute Gasteiger partial charge is 0.326 e. The van der Waals surface area contributed by atoms with Crippen LogP contribution in [0.5, 0.6) is 0 Å². The van der Waals surface area contributed by atoms with E-state index >= 15 is 0 Å². The lowest BCUT2D eigenvalue weighted by Crippen LogP contribution is -2.58. The van der Waals surface area contributed by atoms with Crippen LogP contribution in [0.3, 0.4) is 0 Å². The van der Waals surface area contributed by atoms with Gasteiger partial charge in [0.05, 0.1) is 12.4 Å². The van der Waals surface area contributed by atoms with Gasteiger partial charge in [-0.05, 0) is 17.9 Å². The summed E-state index contributed by atoms with van der Waals surface area (Å²) in [6.07, 6.45) is 2.71. The molecule has 3 amide bonds. The summed E-state index contributed by atoms with van der Waals surface area (Å²) in [6.45, 7) is 3.63. The van der Waals surface area contributed by atoms with Crippen molar-refractivity contribution in [2.75, 3.05) is 0 Å². The molecule has 0 bridgehead atoms. The maximum atomic E-state index is 13.2. The maximum absolute atomic E-state index is 13.2. The molecule has 39 heavy (non-hydrogen) atoms. The Kier molecular flexibility index (Phi) is 12.1. The van der Waals surface area contributed by atoms with Gasteiger partial charge in [-0.15, -0.1) is 0 Å². The van der Waals surface area contributed by atoms with Gasteiger partial charge in [-0.3, -0.25) is 19.2 Å². The highest BCUT2D eigenvalue weighted by Crippen LogP contribution is 2.09. The third kappa shape index (κ3) is 10.2. The topological polar surface area (TPSA) is 217 Å². The van der Waals surface area contributed by atoms with Gasteiger partial charge in [0, 0.05) is 31.2 Å². The second-order valence-electron chi connectivity index (χ2n) is 9.34. The zero-order valence-corrected chi connectivity index (χ0v) is 21.9. The number of carbonyl (C=O) groups excluding carboxylic acids is 3. The number of rotatable bonds is 16. The summed E-state index contributed by atoms with van der Waals surface area (Å²) in [7, 11) is 0. The second kappa shape index (κ2) is 15.2. The molecule has 0 fully saturated rings. The molecule has 0 aliphatic heterocycles. The van der Waals surface area contributed by atoms with Crippen LogP contribution < -0.4 is 21.7 Å². The highest BCUT2D eigenvalue weighted by atomic mass is 16.4. The second-order valence-corrected chi connectivity index (χ2v) is 9.34. The molecule has 0 radical (unpaired) electrons. The summed E-state index contributed by atoms with van der Waals surface area (Å²) in [5, 5.41) is 26.3. The van der Waals surface area contributed by atoms with Gasteiger partial charge in [-0.25, -0.2) is 9.78 Å². The van der Waals surface area contributed by atoms with Crippen molar-refractivity contribution in [2.45, 2.75) is 70.1 Å². The molecule has 5 unspecified atom stereocenters. The molecule has 13 nitrogen and oxygen atoms in total. The van der Waals surface area contributed by atoms with Crippen LogP contribution in [0.2, 0.25) is 0 Å². The van der Waals surface area contributed by atoms with E-state index in [4.69, 9.17) is 10.8 Å². The molecular formula is C26H36N6O7. The van der Waals surface area contributed by atoms with Crippen molar-refractivity contribution in [3.05, 3.63) is 54.1 Å². The van der Waals surface area contributed by atoms with Crippen LogP contribution in [0.4, 0.5) is 0 Å². The molecule has 0 saturated heterocycles. The van der Waals surface area contributed by atoms with Crippen LogP contribution in [0, 0.1) is 5.92 Å². The lowest BCUT2D eigenvalue weighted by molar-refractivity contribution is -0.142. The van der Waals surface area contributed by atoms with Crippen LogP contribution in [0.15, 0.2) is 42.9 Å². The van der Waals surface area contributed by atoms with Crippen molar-refractivity contribution >= 4 is 29.7 Å². The lowest BCUT2D eigenvalue weighted by Gasteiger charge is -2.26. The van der Waals surface area contributed by atoms with E-state index in [0.717, 1.165) is 0 Å². The summed E-state index contributed by atoms with van der Waals surface area (Å²) in [6, 6.07) is 3.97. The molecule has 1 aromatic heterocycles. The molecule has 13 heteroatoms. The van der Waals surface area contributed by atoms with Crippen LogP contribution in [0.25, 0.3) is 0 Å². The van der Waals surface area contributed by atoms with E-state index in [1.165, 1.54) is 12.5 Å². The van der Waals surface area contributed by atoms with Crippen molar-refractivity contribution in [1.82, 2.24) is 25.9 Å². The number of aliphatic carboxylic acids is 2. The van der Waals surface area contributed by atoms with Gasteiger partial charge in [0.25, 0.3) is 0 Å². The van der Waals surface area contributed by atoms with E-state index in [9.17, 15) is 29.1 Å². The number of nitrogens with two attached hydrogens (primary N) is 1. The van der Waals surface area contributed by atoms with Gasteiger partial charge in [0.2, 0.25) is 17.7 Å². The Morgan fingerprint density at radius 3 is 2.10 bits per heavy atom. The van der Waals surface area contributed by atoms with E-state index in [-0.39, 0.29) is 25.2 Å². The van der Waals surface area contributed by atoms with Gasteiger partial charge in [0.15, 0.2) is 0 Å². The number of nitrogens with one attached hydrogen (secondary N) is 4. The van der Waals surface area contributed by atoms with Gasteiger partial charge in [-0.1, -0.05) is 50.6 Å². The molecule has 0 aliphatic carbocycles. The fourth-order valence-corrected chi connectivity index (χ4v) is 3.74. The molecule has 8 N–H and O–H groups in total. The summed E-state index contributed by atoms with van der Waals surface area (Å²) in [5.74, 6) is -4.84. The number of aromatic amines is 1. The molecule has 2 rings (SSSR count). The molecule has 212 valence electrons. The number of carboxylic acid groups (broad SMARTS) is 2. The van der Waals surface area contributed by atoms with Gasteiger partial charge >= 0.3 is 11.9 Å². The van der Waals surface area contributed by atoms with Crippen LogP contribution in [-0.2, 0) is 36.8 Å². The van der Waals surface area contributed by atoms with Crippen molar-refractivity contribution in [3.63, 3.8) is 0 Å². The number of aromatic nitrogens is 2. The molecule has 2 aromatic rings. The molecule has 5 atom stereocenters. The number of hydrogen-bond acceptors (Lipinski definition) is 7. The number of carbonyl (C=O) groups is 5. The van der Waals surface area contributed by atoms with E-state index in [1.54, 1.807) is 37.3 Å². The zero-order valence-electron chi connectivity index (χ0n) is 21.9. The molecule has 1 heterocycles. The first-order valence-electron chi connectivity index (χ1n) is 12.6. The van der Waals surface area contributed by atoms with E-state index < -0.39 is 60.2 Å². The minimum absolute atomic E-state index is 0.0113. The lowest BCUT2D eigenvalue weighted by atomic mass is 9.98. The first-order chi connectivity index (χ1) is 18.5. The highest BCUT2D eigenvalue weighted by molar-refractivity contribution is 5.94. The monoisotopic (exact) mass is 544 g/mol. The number of benzene rings is 1. The van der Waals surface area contributed by atoms with Crippen LogP contribution in [0.1, 0.15) is 44.4 Å². The largest absolute Gasteiger partial charge is 0.481 e. The number of H-pyrrole nitrogens is 1.